The van der Waals surface area contributed by atoms with E-state index < -0.39 is 24.3 Å². The Morgan fingerprint density at radius 2 is 1.85 bits per heavy atom. The highest BCUT2D eigenvalue weighted by Crippen LogP contribution is 2.38. The van der Waals surface area contributed by atoms with Crippen molar-refractivity contribution in [1.29, 1.82) is 0 Å². The SMILES string of the molecule is CCNC(=O)CCC/C=C\C[C@@H]1[C@@H](/C=C/[C@@H](O)CCc2ccccc2)[C@H](O)C[C@@H]1OC(=O)COCCOCCOC. The summed E-state index contributed by atoms with van der Waals surface area (Å²) in [4.78, 5) is 24.2. The highest BCUT2D eigenvalue weighted by Gasteiger charge is 2.42. The van der Waals surface area contributed by atoms with Gasteiger partial charge in [-0.05, 0) is 44.6 Å². The van der Waals surface area contributed by atoms with E-state index in [-0.39, 0.29) is 31.0 Å². The van der Waals surface area contributed by atoms with Crippen molar-refractivity contribution >= 4 is 11.9 Å². The molecule has 1 aliphatic carbocycles. The molecule has 0 unspecified atom stereocenters. The molecule has 0 saturated heterocycles. The summed E-state index contributed by atoms with van der Waals surface area (Å²) >= 11 is 0. The van der Waals surface area contributed by atoms with Gasteiger partial charge in [0.1, 0.15) is 12.7 Å². The van der Waals surface area contributed by atoms with Gasteiger partial charge in [-0.25, -0.2) is 4.79 Å². The lowest BCUT2D eigenvalue weighted by molar-refractivity contribution is -0.157. The van der Waals surface area contributed by atoms with Gasteiger partial charge in [-0.1, -0.05) is 54.6 Å². The number of hydrogen-bond acceptors (Lipinski definition) is 8. The molecule has 230 valence electrons. The van der Waals surface area contributed by atoms with Crippen LogP contribution in [0, 0.1) is 11.8 Å². The number of unbranched alkanes of at least 4 members (excludes halogenated alkanes) is 1. The third-order valence-corrected chi connectivity index (χ3v) is 7.05. The van der Waals surface area contributed by atoms with E-state index in [0.29, 0.717) is 52.0 Å². The topological polar surface area (TPSA) is 124 Å². The Hall–Kier alpha value is -2.56. The molecule has 5 atom stereocenters. The smallest absolute Gasteiger partial charge is 0.332 e. The summed E-state index contributed by atoms with van der Waals surface area (Å²) in [7, 11) is 1.60. The number of hydrogen-bond donors (Lipinski definition) is 3. The van der Waals surface area contributed by atoms with Gasteiger partial charge in [-0.3, -0.25) is 4.79 Å². The summed E-state index contributed by atoms with van der Waals surface area (Å²) in [5.41, 5.74) is 1.16. The van der Waals surface area contributed by atoms with E-state index >= 15 is 0 Å². The molecule has 0 spiro atoms. The average Bonchev–Trinajstić information content (AvgIpc) is 3.25. The van der Waals surface area contributed by atoms with Crippen molar-refractivity contribution in [2.75, 3.05) is 46.7 Å². The Balaban J connectivity index is 1.92. The quantitative estimate of drug-likeness (QED) is 0.116. The van der Waals surface area contributed by atoms with Crippen molar-refractivity contribution in [1.82, 2.24) is 5.32 Å². The molecule has 1 aromatic carbocycles. The summed E-state index contributed by atoms with van der Waals surface area (Å²) < 4.78 is 21.4. The maximum absolute atomic E-state index is 12.5. The Morgan fingerprint density at radius 3 is 2.61 bits per heavy atom. The number of aliphatic hydroxyl groups excluding tert-OH is 2. The van der Waals surface area contributed by atoms with Gasteiger partial charge in [0, 0.05) is 38.3 Å². The number of benzene rings is 1. The molecule has 2 rings (SSSR count). The highest BCUT2D eigenvalue weighted by atomic mass is 16.6. The molecular weight excluding hydrogens is 526 g/mol. The number of aliphatic hydroxyl groups is 2. The van der Waals surface area contributed by atoms with Crippen LogP contribution >= 0.6 is 0 Å². The molecule has 41 heavy (non-hydrogen) atoms. The monoisotopic (exact) mass is 575 g/mol. The number of aryl methyl sites for hydroxylation is 1. The second-order valence-corrected chi connectivity index (χ2v) is 10.3. The second-order valence-electron chi connectivity index (χ2n) is 10.3. The third-order valence-electron chi connectivity index (χ3n) is 7.05. The molecule has 1 fully saturated rings. The molecule has 9 nitrogen and oxygen atoms in total. The summed E-state index contributed by atoms with van der Waals surface area (Å²) in [5.74, 6) is -0.855. The zero-order valence-electron chi connectivity index (χ0n) is 24.6. The number of amides is 1. The largest absolute Gasteiger partial charge is 0.460 e. The Labute approximate surface area is 244 Å². The van der Waals surface area contributed by atoms with E-state index in [9.17, 15) is 19.8 Å². The minimum absolute atomic E-state index is 0.0478. The van der Waals surface area contributed by atoms with E-state index in [0.717, 1.165) is 24.8 Å². The van der Waals surface area contributed by atoms with Crippen LogP contribution in [0.25, 0.3) is 0 Å². The molecule has 0 heterocycles. The van der Waals surface area contributed by atoms with Crippen molar-refractivity contribution < 1.29 is 38.7 Å². The lowest BCUT2D eigenvalue weighted by Crippen LogP contribution is -2.27. The third kappa shape index (κ3) is 14.8. The van der Waals surface area contributed by atoms with Crippen LogP contribution in [0.1, 0.15) is 51.0 Å². The van der Waals surface area contributed by atoms with Crippen LogP contribution < -0.4 is 5.32 Å². The van der Waals surface area contributed by atoms with E-state index in [4.69, 9.17) is 18.9 Å². The van der Waals surface area contributed by atoms with Crippen molar-refractivity contribution in [2.24, 2.45) is 11.8 Å². The van der Waals surface area contributed by atoms with Gasteiger partial charge in [0.05, 0.1) is 38.6 Å². The molecule has 3 N–H and O–H groups in total. The Bertz CT molecular complexity index is 906. The zero-order chi connectivity index (χ0) is 29.7. The van der Waals surface area contributed by atoms with Gasteiger partial charge in [0.15, 0.2) is 0 Å². The lowest BCUT2D eigenvalue weighted by Gasteiger charge is -2.23. The first-order valence-corrected chi connectivity index (χ1v) is 14.8. The molecule has 1 aliphatic rings. The van der Waals surface area contributed by atoms with Gasteiger partial charge >= 0.3 is 5.97 Å². The second kappa shape index (κ2) is 21.2. The predicted octanol–water partition coefficient (Wildman–Crippen LogP) is 3.38. The molecule has 9 heteroatoms. The maximum atomic E-state index is 12.5. The first-order chi connectivity index (χ1) is 19.9. The van der Waals surface area contributed by atoms with Gasteiger partial charge in [0.2, 0.25) is 5.91 Å². The van der Waals surface area contributed by atoms with Crippen LogP contribution in [0.5, 0.6) is 0 Å². The fourth-order valence-corrected chi connectivity index (χ4v) is 4.89. The van der Waals surface area contributed by atoms with Crippen molar-refractivity contribution in [2.45, 2.75) is 70.2 Å². The fraction of sp³-hybridized carbons (Fsp3) is 0.625. The number of nitrogens with one attached hydrogen (secondary N) is 1. The summed E-state index contributed by atoms with van der Waals surface area (Å²) in [6.45, 7) is 3.90. The summed E-state index contributed by atoms with van der Waals surface area (Å²) in [6, 6.07) is 9.99. The van der Waals surface area contributed by atoms with E-state index in [1.165, 1.54) is 0 Å². The molecular formula is C32H49NO8. The number of allylic oxidation sites excluding steroid dienone is 2. The normalized spacial score (nSPS) is 21.5. The first kappa shape index (κ1) is 34.6. The molecule has 1 saturated carbocycles. The Morgan fingerprint density at radius 1 is 1.10 bits per heavy atom. The predicted molar refractivity (Wildman–Crippen MR) is 157 cm³/mol. The van der Waals surface area contributed by atoms with Crippen LogP contribution in [-0.4, -0.2) is 87.1 Å². The highest BCUT2D eigenvalue weighted by molar-refractivity contribution is 5.75. The van der Waals surface area contributed by atoms with Gasteiger partial charge < -0.3 is 34.5 Å². The average molecular weight is 576 g/mol. The van der Waals surface area contributed by atoms with E-state index in [1.807, 2.05) is 55.5 Å². The fourth-order valence-electron chi connectivity index (χ4n) is 4.89. The Kier molecular flexibility index (Phi) is 17.9. The van der Waals surface area contributed by atoms with Crippen LogP contribution in [0.2, 0.25) is 0 Å². The molecule has 0 radical (unpaired) electrons. The zero-order valence-corrected chi connectivity index (χ0v) is 24.6. The standard InChI is InChI=1S/C32H49NO8/c1-3-33-31(36)14-10-5-4-9-13-28-27(18-17-26(34)16-15-25-11-7-6-8-12-25)29(35)23-30(28)41-32(37)24-40-22-21-39-20-19-38-2/h4,6-9,11-12,17-18,26-30,34-35H,3,5,10,13-16,19-24H2,1-2H3,(H,33,36)/b9-4-,18-17+/t26-,27+,28+,29+,30-/m0/s1. The first-order valence-electron chi connectivity index (χ1n) is 14.8. The minimum Gasteiger partial charge on any atom is -0.460 e. The molecule has 1 amide bonds. The van der Waals surface area contributed by atoms with Crippen LogP contribution in [-0.2, 0) is 35.0 Å². The number of esters is 1. The minimum atomic E-state index is -0.698. The molecule has 0 aliphatic heterocycles. The number of carbonyl (C=O) groups is 2. The van der Waals surface area contributed by atoms with Crippen LogP contribution in [0.15, 0.2) is 54.6 Å². The van der Waals surface area contributed by atoms with Gasteiger partial charge in [-0.15, -0.1) is 0 Å². The molecule has 1 aromatic rings. The van der Waals surface area contributed by atoms with Crippen molar-refractivity contribution in [3.8, 4) is 0 Å². The maximum Gasteiger partial charge on any atom is 0.332 e. The van der Waals surface area contributed by atoms with E-state index in [2.05, 4.69) is 5.32 Å². The van der Waals surface area contributed by atoms with Crippen molar-refractivity contribution in [3.05, 3.63) is 60.2 Å². The summed E-state index contributed by atoms with van der Waals surface area (Å²) in [5, 5.41) is 24.2. The number of rotatable bonds is 21. The molecule has 0 bridgehead atoms. The number of methoxy groups -OCH3 is 1. The number of ether oxygens (including phenoxy) is 4. The van der Waals surface area contributed by atoms with Gasteiger partial charge in [-0.2, -0.15) is 0 Å². The van der Waals surface area contributed by atoms with Gasteiger partial charge in [0.25, 0.3) is 0 Å². The van der Waals surface area contributed by atoms with E-state index in [1.54, 1.807) is 13.2 Å². The number of carbonyl (C=O) groups excluding carboxylic acids is 2. The van der Waals surface area contributed by atoms with Crippen LogP contribution in [0.4, 0.5) is 0 Å². The van der Waals surface area contributed by atoms with Crippen molar-refractivity contribution in [3.63, 3.8) is 0 Å². The van der Waals surface area contributed by atoms with Crippen LogP contribution in [0.3, 0.4) is 0 Å². The lowest BCUT2D eigenvalue weighted by atomic mass is 9.89. The summed E-state index contributed by atoms with van der Waals surface area (Å²) in [6.07, 6.45) is 10.1. The molecule has 0 aromatic heterocycles.